The standard InChI is InChI=1S/C24H27FN4O2/c1-28(13-12-26-18-8-5-9-18)24(30)29-23(16-6-3-2-4-7-16)20-15-31-21-11-10-17(25)14-19(21)22(20)27-29/h2-4,6-7,10-11,14,18,20,23,26H,5,8-9,12-13,15H2,1H3. The van der Waals surface area contributed by atoms with Gasteiger partial charge in [0.2, 0.25) is 0 Å². The van der Waals surface area contributed by atoms with E-state index in [2.05, 4.69) is 5.32 Å². The van der Waals surface area contributed by atoms with Gasteiger partial charge in [-0.05, 0) is 36.6 Å². The molecule has 2 atom stereocenters. The lowest BCUT2D eigenvalue weighted by atomic mass is 9.86. The van der Waals surface area contributed by atoms with Gasteiger partial charge in [0, 0.05) is 31.7 Å². The summed E-state index contributed by atoms with van der Waals surface area (Å²) in [4.78, 5) is 15.1. The van der Waals surface area contributed by atoms with Gasteiger partial charge in [0.25, 0.3) is 0 Å². The smallest absolute Gasteiger partial charge is 0.340 e. The molecule has 0 bridgehead atoms. The lowest BCUT2D eigenvalue weighted by Gasteiger charge is -2.32. The van der Waals surface area contributed by atoms with E-state index in [1.54, 1.807) is 23.0 Å². The van der Waals surface area contributed by atoms with Gasteiger partial charge in [-0.1, -0.05) is 36.8 Å². The summed E-state index contributed by atoms with van der Waals surface area (Å²) in [6.07, 6.45) is 3.71. The predicted octanol–water partition coefficient (Wildman–Crippen LogP) is 3.79. The molecule has 2 amide bonds. The number of hydrazone groups is 1. The zero-order valence-electron chi connectivity index (χ0n) is 17.6. The van der Waals surface area contributed by atoms with E-state index in [1.807, 2.05) is 30.3 Å². The minimum atomic E-state index is -0.342. The minimum Gasteiger partial charge on any atom is -0.492 e. The second-order valence-electron chi connectivity index (χ2n) is 8.53. The summed E-state index contributed by atoms with van der Waals surface area (Å²) in [6, 6.07) is 14.5. The Balaban J connectivity index is 1.42. The highest BCUT2D eigenvalue weighted by molar-refractivity contribution is 6.07. The summed E-state index contributed by atoms with van der Waals surface area (Å²) < 4.78 is 19.9. The third-order valence-corrected chi connectivity index (χ3v) is 6.50. The average Bonchev–Trinajstić information content (AvgIpc) is 3.15. The molecular formula is C24H27FN4O2. The van der Waals surface area contributed by atoms with E-state index in [1.165, 1.54) is 31.4 Å². The molecule has 1 saturated carbocycles. The van der Waals surface area contributed by atoms with Crippen LogP contribution in [-0.2, 0) is 0 Å². The minimum absolute atomic E-state index is 0.151. The van der Waals surface area contributed by atoms with Gasteiger partial charge in [-0.3, -0.25) is 0 Å². The summed E-state index contributed by atoms with van der Waals surface area (Å²) >= 11 is 0. The Hall–Kier alpha value is -2.93. The second kappa shape index (κ2) is 8.30. The van der Waals surface area contributed by atoms with Crippen molar-refractivity contribution < 1.29 is 13.9 Å². The van der Waals surface area contributed by atoms with Crippen LogP contribution >= 0.6 is 0 Å². The van der Waals surface area contributed by atoms with E-state index in [-0.39, 0.29) is 23.8 Å². The zero-order chi connectivity index (χ0) is 21.4. The van der Waals surface area contributed by atoms with Gasteiger partial charge < -0.3 is 15.0 Å². The predicted molar refractivity (Wildman–Crippen MR) is 117 cm³/mol. The number of amides is 2. The number of nitrogens with one attached hydrogen (secondary N) is 1. The molecular weight excluding hydrogens is 395 g/mol. The van der Waals surface area contributed by atoms with Crippen LogP contribution in [0, 0.1) is 11.7 Å². The van der Waals surface area contributed by atoms with Crippen LogP contribution < -0.4 is 10.1 Å². The van der Waals surface area contributed by atoms with Crippen LogP contribution in [0.3, 0.4) is 0 Å². The molecule has 0 radical (unpaired) electrons. The Morgan fingerprint density at radius 3 is 2.81 bits per heavy atom. The number of urea groups is 1. The highest BCUT2D eigenvalue weighted by Crippen LogP contribution is 2.42. The number of hydrogen-bond acceptors (Lipinski definition) is 4. The first kappa shape index (κ1) is 20.0. The van der Waals surface area contributed by atoms with Gasteiger partial charge in [-0.15, -0.1) is 0 Å². The molecule has 1 fully saturated rings. The summed E-state index contributed by atoms with van der Waals surface area (Å²) in [7, 11) is 1.80. The molecule has 6 nitrogen and oxygen atoms in total. The average molecular weight is 423 g/mol. The van der Waals surface area contributed by atoms with Crippen molar-refractivity contribution in [1.29, 1.82) is 0 Å². The molecule has 3 aliphatic rings. The molecule has 2 aromatic carbocycles. The first-order valence-electron chi connectivity index (χ1n) is 11.0. The van der Waals surface area contributed by atoms with Crippen LogP contribution in [0.2, 0.25) is 0 Å². The van der Waals surface area contributed by atoms with Crippen molar-refractivity contribution in [3.8, 4) is 5.75 Å². The first-order valence-corrected chi connectivity index (χ1v) is 11.0. The van der Waals surface area contributed by atoms with Crippen molar-refractivity contribution in [2.45, 2.75) is 31.3 Å². The number of hydrogen-bond donors (Lipinski definition) is 1. The number of likely N-dealkylation sites (N-methyl/N-ethyl adjacent to an activating group) is 1. The van der Waals surface area contributed by atoms with E-state index in [0.717, 1.165) is 12.1 Å². The zero-order valence-corrected chi connectivity index (χ0v) is 17.6. The molecule has 2 aromatic rings. The highest BCUT2D eigenvalue weighted by atomic mass is 19.1. The van der Waals surface area contributed by atoms with Gasteiger partial charge in [0.1, 0.15) is 11.6 Å². The maximum Gasteiger partial charge on any atom is 0.340 e. The molecule has 0 saturated heterocycles. The van der Waals surface area contributed by atoms with Crippen molar-refractivity contribution in [3.63, 3.8) is 0 Å². The van der Waals surface area contributed by atoms with Crippen molar-refractivity contribution >= 4 is 11.7 Å². The van der Waals surface area contributed by atoms with E-state index in [9.17, 15) is 9.18 Å². The van der Waals surface area contributed by atoms with Gasteiger partial charge in [-0.2, -0.15) is 5.10 Å². The van der Waals surface area contributed by atoms with Crippen LogP contribution in [0.25, 0.3) is 0 Å². The number of rotatable bonds is 5. The fourth-order valence-corrected chi connectivity index (χ4v) is 4.51. The summed E-state index contributed by atoms with van der Waals surface area (Å²) in [5.41, 5.74) is 2.33. The molecule has 31 heavy (non-hydrogen) atoms. The maximum absolute atomic E-state index is 14.0. The molecule has 162 valence electrons. The molecule has 5 rings (SSSR count). The van der Waals surface area contributed by atoms with Crippen molar-refractivity contribution in [1.82, 2.24) is 15.2 Å². The molecule has 2 heterocycles. The van der Waals surface area contributed by atoms with Gasteiger partial charge in [0.05, 0.1) is 24.3 Å². The monoisotopic (exact) mass is 422 g/mol. The maximum atomic E-state index is 14.0. The number of fused-ring (bicyclic) bond motifs is 3. The largest absolute Gasteiger partial charge is 0.492 e. The van der Waals surface area contributed by atoms with Crippen molar-refractivity contribution in [2.75, 3.05) is 26.7 Å². The summed E-state index contributed by atoms with van der Waals surface area (Å²) in [5.74, 6) is 0.114. The first-order chi connectivity index (χ1) is 15.1. The van der Waals surface area contributed by atoms with Gasteiger partial charge >= 0.3 is 6.03 Å². The molecule has 0 spiro atoms. The Bertz CT molecular complexity index is 992. The lowest BCUT2D eigenvalue weighted by Crippen LogP contribution is -2.45. The summed E-state index contributed by atoms with van der Waals surface area (Å²) in [6.45, 7) is 1.76. The highest BCUT2D eigenvalue weighted by Gasteiger charge is 2.45. The van der Waals surface area contributed by atoms with E-state index >= 15 is 0 Å². The van der Waals surface area contributed by atoms with Gasteiger partial charge in [0.15, 0.2) is 0 Å². The topological polar surface area (TPSA) is 57.2 Å². The van der Waals surface area contributed by atoms with Crippen LogP contribution in [0.5, 0.6) is 5.75 Å². The third kappa shape index (κ3) is 3.78. The van der Waals surface area contributed by atoms with Crippen LogP contribution in [-0.4, -0.2) is 54.4 Å². The Morgan fingerprint density at radius 1 is 1.26 bits per heavy atom. The van der Waals surface area contributed by atoms with Crippen molar-refractivity contribution in [2.24, 2.45) is 11.0 Å². The Morgan fingerprint density at radius 2 is 2.06 bits per heavy atom. The molecule has 2 unspecified atom stereocenters. The molecule has 0 aromatic heterocycles. The fourth-order valence-electron chi connectivity index (χ4n) is 4.51. The molecule has 2 aliphatic heterocycles. The van der Waals surface area contributed by atoms with Crippen LogP contribution in [0.4, 0.5) is 9.18 Å². The second-order valence-corrected chi connectivity index (χ2v) is 8.53. The normalized spacial score (nSPS) is 22.1. The summed E-state index contributed by atoms with van der Waals surface area (Å²) in [5, 5.41) is 9.79. The quantitative estimate of drug-likeness (QED) is 0.798. The van der Waals surface area contributed by atoms with Crippen molar-refractivity contribution in [3.05, 3.63) is 65.5 Å². The van der Waals surface area contributed by atoms with E-state index in [4.69, 9.17) is 9.84 Å². The number of benzene rings is 2. The Kier molecular flexibility index (Phi) is 5.36. The van der Waals surface area contributed by atoms with Crippen LogP contribution in [0.1, 0.15) is 36.4 Å². The van der Waals surface area contributed by atoms with E-state index < -0.39 is 0 Å². The SMILES string of the molecule is CN(CCNC1CCC1)C(=O)N1N=C2c3cc(F)ccc3OCC2C1c1ccccc1. The number of ether oxygens (including phenoxy) is 1. The Labute approximate surface area is 181 Å². The molecule has 1 N–H and O–H groups in total. The lowest BCUT2D eigenvalue weighted by molar-refractivity contribution is 0.133. The number of carbonyl (C=O) groups excluding carboxylic acids is 1. The van der Waals surface area contributed by atoms with E-state index in [0.29, 0.717) is 36.2 Å². The van der Waals surface area contributed by atoms with Gasteiger partial charge in [-0.25, -0.2) is 14.2 Å². The number of halogens is 1. The third-order valence-electron chi connectivity index (χ3n) is 6.50. The number of carbonyl (C=O) groups is 1. The molecule has 7 heteroatoms. The fraction of sp³-hybridized carbons (Fsp3) is 0.417. The van der Waals surface area contributed by atoms with Crippen LogP contribution in [0.15, 0.2) is 53.6 Å². The number of nitrogens with zero attached hydrogens (tertiary/aromatic N) is 3. The molecule has 1 aliphatic carbocycles.